The minimum atomic E-state index is -4.57. The van der Waals surface area contributed by atoms with Gasteiger partial charge in [-0.15, -0.1) is 0 Å². The molecule has 1 fully saturated rings. The summed E-state index contributed by atoms with van der Waals surface area (Å²) in [5.41, 5.74) is 0.743. The first-order valence-corrected chi connectivity index (χ1v) is 8.41. The van der Waals surface area contributed by atoms with Crippen LogP contribution >= 0.6 is 0 Å². The third-order valence-electron chi connectivity index (χ3n) is 4.30. The molecule has 5 nitrogen and oxygen atoms in total. The van der Waals surface area contributed by atoms with E-state index >= 15 is 0 Å². The van der Waals surface area contributed by atoms with E-state index in [1.807, 2.05) is 6.92 Å². The second kappa shape index (κ2) is 7.30. The highest BCUT2D eigenvalue weighted by Crippen LogP contribution is 2.34. The normalized spacial score (nSPS) is 14.4. The Morgan fingerprint density at radius 1 is 1.11 bits per heavy atom. The molecule has 142 valence electrons. The van der Waals surface area contributed by atoms with Gasteiger partial charge in [0.2, 0.25) is 5.91 Å². The van der Waals surface area contributed by atoms with Gasteiger partial charge in [-0.3, -0.25) is 4.79 Å². The Morgan fingerprint density at radius 2 is 1.85 bits per heavy atom. The Hall–Kier alpha value is -3.03. The quantitative estimate of drug-likeness (QED) is 0.808. The van der Waals surface area contributed by atoms with Crippen molar-refractivity contribution in [2.24, 2.45) is 0 Å². The van der Waals surface area contributed by atoms with Crippen LogP contribution in [0.2, 0.25) is 0 Å². The van der Waals surface area contributed by atoms with Crippen LogP contribution in [-0.4, -0.2) is 18.5 Å². The van der Waals surface area contributed by atoms with E-state index in [1.54, 1.807) is 23.1 Å². The van der Waals surface area contributed by atoms with Crippen molar-refractivity contribution in [3.05, 3.63) is 53.6 Å². The number of anilines is 3. The van der Waals surface area contributed by atoms with Crippen molar-refractivity contribution in [1.82, 2.24) is 0 Å². The molecule has 3 amide bonds. The zero-order valence-corrected chi connectivity index (χ0v) is 14.6. The lowest BCUT2D eigenvalue weighted by atomic mass is 10.1. The molecule has 0 aliphatic carbocycles. The number of halogens is 3. The van der Waals surface area contributed by atoms with Gasteiger partial charge in [0.1, 0.15) is 0 Å². The standard InChI is InChI=1S/C19H18F3N3O2/c1-12-11-13(8-9-16(12)25-10-4-7-17(25)26)23-18(27)24-15-6-3-2-5-14(15)19(20,21)22/h2-3,5-6,8-9,11H,4,7,10H2,1H3,(H2,23,24,27). The van der Waals surface area contributed by atoms with Gasteiger partial charge in [-0.25, -0.2) is 4.79 Å². The fraction of sp³-hybridized carbons (Fsp3) is 0.263. The van der Waals surface area contributed by atoms with Gasteiger partial charge in [0.25, 0.3) is 0 Å². The Kier molecular flexibility index (Phi) is 5.07. The van der Waals surface area contributed by atoms with Crippen molar-refractivity contribution in [3.8, 4) is 0 Å². The van der Waals surface area contributed by atoms with Crippen LogP contribution in [-0.2, 0) is 11.0 Å². The molecule has 1 heterocycles. The molecule has 2 aromatic carbocycles. The van der Waals surface area contributed by atoms with Crippen LogP contribution in [0.1, 0.15) is 24.0 Å². The number of aryl methyl sites for hydroxylation is 1. The van der Waals surface area contributed by atoms with E-state index in [0.717, 1.165) is 23.7 Å². The minimum absolute atomic E-state index is 0.0558. The molecule has 2 aromatic rings. The summed E-state index contributed by atoms with van der Waals surface area (Å²) >= 11 is 0. The van der Waals surface area contributed by atoms with Crippen molar-refractivity contribution < 1.29 is 22.8 Å². The van der Waals surface area contributed by atoms with E-state index in [4.69, 9.17) is 0 Å². The first-order valence-electron chi connectivity index (χ1n) is 8.41. The maximum atomic E-state index is 13.0. The summed E-state index contributed by atoms with van der Waals surface area (Å²) in [7, 11) is 0. The number of nitrogens with zero attached hydrogens (tertiary/aromatic N) is 1. The summed E-state index contributed by atoms with van der Waals surface area (Å²) in [6.45, 7) is 2.46. The van der Waals surface area contributed by atoms with Crippen molar-refractivity contribution in [3.63, 3.8) is 0 Å². The Labute approximate surface area is 154 Å². The summed E-state index contributed by atoms with van der Waals surface area (Å²) in [6.07, 6.45) is -3.25. The van der Waals surface area contributed by atoms with Crippen molar-refractivity contribution in [2.75, 3.05) is 22.1 Å². The fourth-order valence-electron chi connectivity index (χ4n) is 3.06. The molecule has 0 spiro atoms. The molecule has 1 aliphatic rings. The van der Waals surface area contributed by atoms with Crippen molar-refractivity contribution >= 4 is 29.0 Å². The molecule has 0 unspecified atom stereocenters. The number of para-hydroxylation sites is 1. The molecule has 27 heavy (non-hydrogen) atoms. The lowest BCUT2D eigenvalue weighted by Crippen LogP contribution is -2.25. The van der Waals surface area contributed by atoms with Crippen LogP contribution < -0.4 is 15.5 Å². The van der Waals surface area contributed by atoms with Crippen LogP contribution in [0.4, 0.5) is 35.0 Å². The van der Waals surface area contributed by atoms with Gasteiger partial charge in [0.15, 0.2) is 0 Å². The Morgan fingerprint density at radius 3 is 2.48 bits per heavy atom. The van der Waals surface area contributed by atoms with E-state index < -0.39 is 17.8 Å². The van der Waals surface area contributed by atoms with Crippen LogP contribution in [0.15, 0.2) is 42.5 Å². The number of amides is 3. The van der Waals surface area contributed by atoms with E-state index in [9.17, 15) is 22.8 Å². The zero-order valence-electron chi connectivity index (χ0n) is 14.6. The SMILES string of the molecule is Cc1cc(NC(=O)Nc2ccccc2C(F)(F)F)ccc1N1CCCC1=O. The molecule has 0 atom stereocenters. The number of carbonyl (C=O) groups is 2. The third kappa shape index (κ3) is 4.21. The fourth-order valence-corrected chi connectivity index (χ4v) is 3.06. The van der Waals surface area contributed by atoms with Gasteiger partial charge >= 0.3 is 12.2 Å². The number of hydrogen-bond acceptors (Lipinski definition) is 2. The molecule has 3 rings (SSSR count). The lowest BCUT2D eigenvalue weighted by molar-refractivity contribution is -0.136. The second-order valence-corrected chi connectivity index (χ2v) is 6.27. The lowest BCUT2D eigenvalue weighted by Gasteiger charge is -2.19. The Balaban J connectivity index is 1.72. The number of hydrogen-bond donors (Lipinski definition) is 2. The zero-order chi connectivity index (χ0) is 19.6. The summed E-state index contributed by atoms with van der Waals surface area (Å²) in [5.74, 6) is 0.0558. The van der Waals surface area contributed by atoms with Crippen molar-refractivity contribution in [2.45, 2.75) is 25.9 Å². The molecule has 1 aliphatic heterocycles. The monoisotopic (exact) mass is 377 g/mol. The predicted molar refractivity (Wildman–Crippen MR) is 96.9 cm³/mol. The summed E-state index contributed by atoms with van der Waals surface area (Å²) in [5, 5.41) is 4.75. The first kappa shape index (κ1) is 18.8. The molecule has 1 saturated heterocycles. The maximum absolute atomic E-state index is 13.0. The molecular formula is C19H18F3N3O2. The predicted octanol–water partition coefficient (Wildman–Crippen LogP) is 4.78. The highest BCUT2D eigenvalue weighted by atomic mass is 19.4. The number of alkyl halides is 3. The molecule has 0 saturated carbocycles. The number of urea groups is 1. The van der Waals surface area contributed by atoms with Crippen molar-refractivity contribution in [1.29, 1.82) is 0 Å². The second-order valence-electron chi connectivity index (χ2n) is 6.27. The molecule has 0 bridgehead atoms. The molecule has 0 radical (unpaired) electrons. The van der Waals surface area contributed by atoms with E-state index in [-0.39, 0.29) is 11.6 Å². The highest BCUT2D eigenvalue weighted by Gasteiger charge is 2.33. The number of benzene rings is 2. The van der Waals surface area contributed by atoms with Gasteiger partial charge in [0.05, 0.1) is 11.3 Å². The molecule has 8 heteroatoms. The van der Waals surface area contributed by atoms with Gasteiger partial charge < -0.3 is 15.5 Å². The van der Waals surface area contributed by atoms with E-state index in [0.29, 0.717) is 18.7 Å². The minimum Gasteiger partial charge on any atom is -0.312 e. The van der Waals surface area contributed by atoms with Gasteiger partial charge in [-0.1, -0.05) is 12.1 Å². The highest BCUT2D eigenvalue weighted by molar-refractivity contribution is 6.01. The number of rotatable bonds is 3. The Bertz CT molecular complexity index is 881. The van der Waals surface area contributed by atoms with E-state index in [2.05, 4.69) is 10.6 Å². The van der Waals surface area contributed by atoms with Gasteiger partial charge in [0, 0.05) is 24.3 Å². The summed E-state index contributed by atoms with van der Waals surface area (Å²) < 4.78 is 39.0. The van der Waals surface area contributed by atoms with Crippen LogP contribution in [0.25, 0.3) is 0 Å². The maximum Gasteiger partial charge on any atom is 0.418 e. The van der Waals surface area contributed by atoms with Crippen LogP contribution in [0.3, 0.4) is 0 Å². The molecular weight excluding hydrogens is 359 g/mol. The number of carbonyl (C=O) groups excluding carboxylic acids is 2. The largest absolute Gasteiger partial charge is 0.418 e. The molecule has 2 N–H and O–H groups in total. The topological polar surface area (TPSA) is 61.4 Å². The van der Waals surface area contributed by atoms with Gasteiger partial charge in [-0.05, 0) is 49.2 Å². The summed E-state index contributed by atoms with van der Waals surface area (Å²) in [4.78, 5) is 25.7. The smallest absolute Gasteiger partial charge is 0.312 e. The average molecular weight is 377 g/mol. The number of nitrogens with one attached hydrogen (secondary N) is 2. The van der Waals surface area contributed by atoms with Crippen LogP contribution in [0.5, 0.6) is 0 Å². The summed E-state index contributed by atoms with van der Waals surface area (Å²) in [6, 6.07) is 9.00. The van der Waals surface area contributed by atoms with Gasteiger partial charge in [-0.2, -0.15) is 13.2 Å². The molecule has 0 aromatic heterocycles. The van der Waals surface area contributed by atoms with E-state index in [1.165, 1.54) is 18.2 Å². The van der Waals surface area contributed by atoms with Crippen LogP contribution in [0, 0.1) is 6.92 Å². The average Bonchev–Trinajstić information content (AvgIpc) is 3.00. The third-order valence-corrected chi connectivity index (χ3v) is 4.30. The first-order chi connectivity index (χ1) is 12.8.